The first-order valence-electron chi connectivity index (χ1n) is 8.11. The molecule has 1 saturated heterocycles. The molecule has 1 N–H and O–H groups in total. The number of nitrogens with one attached hydrogen (secondary N) is 1. The number of anilines is 1. The number of aromatic nitrogens is 2. The molecule has 3 rings (SSSR count). The Balaban J connectivity index is 1.67. The molecule has 1 aliphatic heterocycles. The highest BCUT2D eigenvalue weighted by Gasteiger charge is 2.30. The third-order valence-electron chi connectivity index (χ3n) is 4.46. The standard InChI is InChI=1S/C17H24N4O2/c1-12-6-7-21(14(9-12)15-5-4-8-23-15)11-17(22)18-16-10-13(2)19-20(16)3/h4-5,8,10,12,14H,6-7,9,11H2,1-3H3,(H,18,22)/t12-,14-/m1/s1. The minimum atomic E-state index is -0.0147. The zero-order chi connectivity index (χ0) is 16.4. The zero-order valence-electron chi connectivity index (χ0n) is 14.0. The molecule has 2 atom stereocenters. The Kier molecular flexibility index (Phi) is 4.52. The molecule has 0 unspecified atom stereocenters. The van der Waals surface area contributed by atoms with Crippen LogP contribution in [0.1, 0.15) is 37.3 Å². The monoisotopic (exact) mass is 316 g/mol. The fourth-order valence-corrected chi connectivity index (χ4v) is 3.25. The number of amides is 1. The highest BCUT2D eigenvalue weighted by molar-refractivity contribution is 5.91. The fraction of sp³-hybridized carbons (Fsp3) is 0.529. The molecule has 2 aromatic rings. The molecule has 0 aromatic carbocycles. The maximum atomic E-state index is 12.4. The summed E-state index contributed by atoms with van der Waals surface area (Å²) in [6, 6.07) is 5.96. The second kappa shape index (κ2) is 6.58. The van der Waals surface area contributed by atoms with E-state index in [-0.39, 0.29) is 11.9 Å². The summed E-state index contributed by atoms with van der Waals surface area (Å²) in [5.74, 6) is 2.30. The first-order chi connectivity index (χ1) is 11.0. The van der Waals surface area contributed by atoms with Crippen molar-refractivity contribution >= 4 is 11.7 Å². The first kappa shape index (κ1) is 15.8. The molecule has 124 valence electrons. The van der Waals surface area contributed by atoms with E-state index in [0.717, 1.165) is 36.7 Å². The Morgan fingerprint density at radius 1 is 1.52 bits per heavy atom. The Hall–Kier alpha value is -2.08. The Bertz CT molecular complexity index is 662. The van der Waals surface area contributed by atoms with E-state index in [1.807, 2.05) is 32.2 Å². The van der Waals surface area contributed by atoms with Crippen molar-refractivity contribution in [1.82, 2.24) is 14.7 Å². The predicted molar refractivity (Wildman–Crippen MR) is 88.0 cm³/mol. The SMILES string of the molecule is Cc1cc(NC(=O)CN2CC[C@@H](C)C[C@@H]2c2ccco2)n(C)n1. The quantitative estimate of drug-likeness (QED) is 0.942. The number of nitrogens with zero attached hydrogens (tertiary/aromatic N) is 3. The Morgan fingerprint density at radius 3 is 3.00 bits per heavy atom. The zero-order valence-corrected chi connectivity index (χ0v) is 14.0. The van der Waals surface area contributed by atoms with Gasteiger partial charge in [-0.05, 0) is 44.4 Å². The van der Waals surface area contributed by atoms with Gasteiger partial charge in [-0.1, -0.05) is 6.92 Å². The van der Waals surface area contributed by atoms with Gasteiger partial charge in [0.05, 0.1) is 24.5 Å². The minimum absolute atomic E-state index is 0.0147. The molecule has 0 radical (unpaired) electrons. The molecule has 0 spiro atoms. The van der Waals surface area contributed by atoms with E-state index < -0.39 is 0 Å². The summed E-state index contributed by atoms with van der Waals surface area (Å²) in [7, 11) is 1.83. The van der Waals surface area contributed by atoms with E-state index >= 15 is 0 Å². The number of hydrogen-bond acceptors (Lipinski definition) is 4. The predicted octanol–water partition coefficient (Wildman–Crippen LogP) is 2.73. The minimum Gasteiger partial charge on any atom is -0.468 e. The number of hydrogen-bond donors (Lipinski definition) is 1. The van der Waals surface area contributed by atoms with Crippen molar-refractivity contribution in [2.45, 2.75) is 32.7 Å². The van der Waals surface area contributed by atoms with Crippen molar-refractivity contribution < 1.29 is 9.21 Å². The number of piperidine rings is 1. The van der Waals surface area contributed by atoms with Crippen molar-refractivity contribution in [2.75, 3.05) is 18.4 Å². The van der Waals surface area contributed by atoms with Crippen LogP contribution in [-0.2, 0) is 11.8 Å². The lowest BCUT2D eigenvalue weighted by Gasteiger charge is -2.36. The van der Waals surface area contributed by atoms with E-state index in [2.05, 4.69) is 22.2 Å². The van der Waals surface area contributed by atoms with Crippen molar-refractivity contribution in [3.05, 3.63) is 35.9 Å². The van der Waals surface area contributed by atoms with Crippen molar-refractivity contribution in [1.29, 1.82) is 0 Å². The maximum absolute atomic E-state index is 12.4. The molecule has 0 aliphatic carbocycles. The van der Waals surface area contributed by atoms with Gasteiger partial charge in [-0.15, -0.1) is 0 Å². The van der Waals surface area contributed by atoms with Crippen LogP contribution in [0.4, 0.5) is 5.82 Å². The van der Waals surface area contributed by atoms with Gasteiger partial charge in [0.2, 0.25) is 5.91 Å². The molecule has 6 nitrogen and oxygen atoms in total. The lowest BCUT2D eigenvalue weighted by atomic mass is 9.91. The topological polar surface area (TPSA) is 63.3 Å². The van der Waals surface area contributed by atoms with Gasteiger partial charge in [-0.25, -0.2) is 0 Å². The van der Waals surface area contributed by atoms with E-state index in [4.69, 9.17) is 4.42 Å². The summed E-state index contributed by atoms with van der Waals surface area (Å²) in [6.07, 6.45) is 3.83. The fourth-order valence-electron chi connectivity index (χ4n) is 3.25. The van der Waals surface area contributed by atoms with Gasteiger partial charge in [-0.3, -0.25) is 14.4 Å². The van der Waals surface area contributed by atoms with E-state index in [1.165, 1.54) is 0 Å². The second-order valence-electron chi connectivity index (χ2n) is 6.47. The normalized spacial score (nSPS) is 22.2. The molecule has 1 amide bonds. The molecular formula is C17H24N4O2. The average Bonchev–Trinajstić information content (AvgIpc) is 3.11. The smallest absolute Gasteiger partial charge is 0.239 e. The Morgan fingerprint density at radius 2 is 2.35 bits per heavy atom. The second-order valence-corrected chi connectivity index (χ2v) is 6.47. The van der Waals surface area contributed by atoms with Crippen LogP contribution in [0.3, 0.4) is 0 Å². The summed E-state index contributed by atoms with van der Waals surface area (Å²) < 4.78 is 7.28. The largest absolute Gasteiger partial charge is 0.468 e. The van der Waals surface area contributed by atoms with Gasteiger partial charge >= 0.3 is 0 Å². The van der Waals surface area contributed by atoms with Crippen LogP contribution in [0.25, 0.3) is 0 Å². The summed E-state index contributed by atoms with van der Waals surface area (Å²) >= 11 is 0. The summed E-state index contributed by atoms with van der Waals surface area (Å²) in [6.45, 7) is 5.44. The van der Waals surface area contributed by atoms with Crippen LogP contribution in [0.2, 0.25) is 0 Å². The van der Waals surface area contributed by atoms with Crippen LogP contribution in [0.5, 0.6) is 0 Å². The molecule has 1 aliphatic rings. The lowest BCUT2D eigenvalue weighted by molar-refractivity contribution is -0.118. The molecule has 1 fully saturated rings. The Labute approximate surface area is 136 Å². The maximum Gasteiger partial charge on any atom is 0.239 e. The van der Waals surface area contributed by atoms with Gasteiger partial charge in [0.25, 0.3) is 0 Å². The van der Waals surface area contributed by atoms with Gasteiger partial charge in [0.1, 0.15) is 11.6 Å². The van der Waals surface area contributed by atoms with Gasteiger partial charge < -0.3 is 9.73 Å². The van der Waals surface area contributed by atoms with E-state index in [9.17, 15) is 4.79 Å². The molecule has 6 heteroatoms. The van der Waals surface area contributed by atoms with E-state index in [1.54, 1.807) is 10.9 Å². The number of furan rings is 1. The van der Waals surface area contributed by atoms with Crippen LogP contribution in [-0.4, -0.2) is 33.7 Å². The molecule has 2 aromatic heterocycles. The number of likely N-dealkylation sites (tertiary alicyclic amines) is 1. The number of aryl methyl sites for hydroxylation is 2. The summed E-state index contributed by atoms with van der Waals surface area (Å²) in [5, 5.41) is 7.19. The highest BCUT2D eigenvalue weighted by atomic mass is 16.3. The van der Waals surface area contributed by atoms with Gasteiger partial charge in [0, 0.05) is 13.1 Å². The number of rotatable bonds is 4. The molecule has 0 saturated carbocycles. The van der Waals surface area contributed by atoms with Crippen LogP contribution in [0.15, 0.2) is 28.9 Å². The summed E-state index contributed by atoms with van der Waals surface area (Å²) in [5.41, 5.74) is 0.892. The van der Waals surface area contributed by atoms with Crippen LogP contribution < -0.4 is 5.32 Å². The highest BCUT2D eigenvalue weighted by Crippen LogP contribution is 2.33. The molecule has 23 heavy (non-hydrogen) atoms. The summed E-state index contributed by atoms with van der Waals surface area (Å²) in [4.78, 5) is 14.6. The van der Waals surface area contributed by atoms with Crippen molar-refractivity contribution in [2.24, 2.45) is 13.0 Å². The van der Waals surface area contributed by atoms with Crippen LogP contribution >= 0.6 is 0 Å². The van der Waals surface area contributed by atoms with E-state index in [0.29, 0.717) is 12.5 Å². The van der Waals surface area contributed by atoms with Crippen LogP contribution in [0, 0.1) is 12.8 Å². The van der Waals surface area contributed by atoms with Gasteiger partial charge in [0.15, 0.2) is 0 Å². The lowest BCUT2D eigenvalue weighted by Crippen LogP contribution is -2.41. The van der Waals surface area contributed by atoms with Crippen molar-refractivity contribution in [3.8, 4) is 0 Å². The van der Waals surface area contributed by atoms with Gasteiger partial charge in [-0.2, -0.15) is 5.10 Å². The molecule has 0 bridgehead atoms. The average molecular weight is 316 g/mol. The molecular weight excluding hydrogens is 292 g/mol. The number of carbonyl (C=O) groups is 1. The molecule has 3 heterocycles. The van der Waals surface area contributed by atoms with Crippen molar-refractivity contribution in [3.63, 3.8) is 0 Å². The third kappa shape index (κ3) is 3.64. The first-order valence-corrected chi connectivity index (χ1v) is 8.11. The number of carbonyl (C=O) groups excluding carboxylic acids is 1. The third-order valence-corrected chi connectivity index (χ3v) is 4.46.